The van der Waals surface area contributed by atoms with Crippen LogP contribution in [0, 0.1) is 6.92 Å². The Bertz CT molecular complexity index is 891. The van der Waals surface area contributed by atoms with Gasteiger partial charge >= 0.3 is 6.03 Å². The Morgan fingerprint density at radius 2 is 2.12 bits per heavy atom. The topological polar surface area (TPSA) is 78.5 Å². The highest BCUT2D eigenvalue weighted by Gasteiger charge is 2.35. The lowest BCUT2D eigenvalue weighted by Crippen LogP contribution is -2.38. The van der Waals surface area contributed by atoms with Crippen molar-refractivity contribution in [3.05, 3.63) is 56.9 Å². The Hall–Kier alpha value is -2.64. The average Bonchev–Trinajstić information content (AvgIpc) is 3.06. The number of nitrogens with zero attached hydrogens (tertiary/aromatic N) is 1. The van der Waals surface area contributed by atoms with Gasteiger partial charge in [0, 0.05) is 10.6 Å². The molecule has 0 atom stereocenters. The summed E-state index contributed by atoms with van der Waals surface area (Å²) in [5.74, 6) is -0.997. The highest BCUT2D eigenvalue weighted by Crippen LogP contribution is 2.24. The fraction of sp³-hybridized carbons (Fsp3) is 0.118. The standard InChI is InChI=1S/C17H14ClN3O3S/c1-10-3-2-4-11(7-10)19-15(22)9-21-16(23)13(20-17(21)24)8-12-5-6-14(18)25-12/h2-8H,9H2,1H3,(H,19,22)(H,20,24). The van der Waals surface area contributed by atoms with Crippen LogP contribution in [0.4, 0.5) is 10.5 Å². The van der Waals surface area contributed by atoms with Crippen molar-refractivity contribution in [3.8, 4) is 0 Å². The second-order valence-electron chi connectivity index (χ2n) is 5.44. The van der Waals surface area contributed by atoms with E-state index in [2.05, 4.69) is 10.6 Å². The van der Waals surface area contributed by atoms with Crippen LogP contribution in [-0.2, 0) is 9.59 Å². The third-order valence-electron chi connectivity index (χ3n) is 3.45. The monoisotopic (exact) mass is 375 g/mol. The number of carbonyl (C=O) groups excluding carboxylic acids is 3. The van der Waals surface area contributed by atoms with Gasteiger partial charge in [0.25, 0.3) is 5.91 Å². The maximum absolute atomic E-state index is 12.3. The van der Waals surface area contributed by atoms with E-state index in [4.69, 9.17) is 11.6 Å². The lowest BCUT2D eigenvalue weighted by molar-refractivity contribution is -0.127. The first-order chi connectivity index (χ1) is 11.9. The molecular weight excluding hydrogens is 362 g/mol. The molecule has 0 saturated carbocycles. The minimum atomic E-state index is -0.627. The molecule has 25 heavy (non-hydrogen) atoms. The summed E-state index contributed by atoms with van der Waals surface area (Å²) >= 11 is 7.13. The molecule has 6 nitrogen and oxygen atoms in total. The predicted molar refractivity (Wildman–Crippen MR) is 97.4 cm³/mol. The molecule has 2 heterocycles. The zero-order valence-corrected chi connectivity index (χ0v) is 14.8. The molecule has 4 amide bonds. The van der Waals surface area contributed by atoms with E-state index in [0.29, 0.717) is 10.0 Å². The summed E-state index contributed by atoms with van der Waals surface area (Å²) in [4.78, 5) is 38.0. The number of carbonyl (C=O) groups is 3. The lowest BCUT2D eigenvalue weighted by atomic mass is 10.2. The van der Waals surface area contributed by atoms with Crippen molar-refractivity contribution in [2.24, 2.45) is 0 Å². The average molecular weight is 376 g/mol. The highest BCUT2D eigenvalue weighted by atomic mass is 35.5. The summed E-state index contributed by atoms with van der Waals surface area (Å²) in [5, 5.41) is 5.14. The Kier molecular flexibility index (Phi) is 4.87. The van der Waals surface area contributed by atoms with E-state index in [-0.39, 0.29) is 12.2 Å². The van der Waals surface area contributed by atoms with E-state index in [0.717, 1.165) is 15.3 Å². The van der Waals surface area contributed by atoms with Gasteiger partial charge in [0.15, 0.2) is 0 Å². The number of aryl methyl sites for hydroxylation is 1. The fourth-order valence-corrected chi connectivity index (χ4v) is 3.33. The van der Waals surface area contributed by atoms with Crippen LogP contribution in [-0.4, -0.2) is 29.3 Å². The SMILES string of the molecule is Cc1cccc(NC(=O)CN2C(=O)NC(=Cc3ccc(Cl)s3)C2=O)c1. The van der Waals surface area contributed by atoms with E-state index < -0.39 is 17.8 Å². The van der Waals surface area contributed by atoms with Crippen molar-refractivity contribution in [2.45, 2.75) is 6.92 Å². The first kappa shape index (κ1) is 17.2. The van der Waals surface area contributed by atoms with Gasteiger partial charge in [-0.2, -0.15) is 0 Å². The van der Waals surface area contributed by atoms with E-state index in [1.54, 1.807) is 24.3 Å². The minimum absolute atomic E-state index is 0.117. The smallest absolute Gasteiger partial charge is 0.325 e. The summed E-state index contributed by atoms with van der Waals surface area (Å²) < 4.78 is 0.581. The third-order valence-corrected chi connectivity index (χ3v) is 4.62. The van der Waals surface area contributed by atoms with Crippen molar-refractivity contribution in [2.75, 3.05) is 11.9 Å². The van der Waals surface area contributed by atoms with Crippen LogP contribution in [0.2, 0.25) is 4.34 Å². The predicted octanol–water partition coefficient (Wildman–Crippen LogP) is 3.24. The van der Waals surface area contributed by atoms with Crippen molar-refractivity contribution >= 4 is 52.5 Å². The number of rotatable bonds is 4. The first-order valence-corrected chi connectivity index (χ1v) is 8.58. The second kappa shape index (κ2) is 7.08. The molecule has 0 aliphatic carbocycles. The van der Waals surface area contributed by atoms with E-state index in [9.17, 15) is 14.4 Å². The molecule has 1 aliphatic rings. The van der Waals surface area contributed by atoms with Crippen LogP contribution < -0.4 is 10.6 Å². The lowest BCUT2D eigenvalue weighted by Gasteiger charge is -2.12. The van der Waals surface area contributed by atoms with Crippen LogP contribution in [0.25, 0.3) is 6.08 Å². The van der Waals surface area contributed by atoms with E-state index in [1.165, 1.54) is 17.4 Å². The quantitative estimate of drug-likeness (QED) is 0.636. The van der Waals surface area contributed by atoms with Gasteiger partial charge in [0.05, 0.1) is 4.34 Å². The Morgan fingerprint density at radius 3 is 2.80 bits per heavy atom. The number of imide groups is 1. The molecule has 1 aromatic heterocycles. The van der Waals surface area contributed by atoms with Gasteiger partial charge < -0.3 is 10.6 Å². The molecule has 1 fully saturated rings. The summed E-state index contributed by atoms with van der Waals surface area (Å²) in [7, 11) is 0. The second-order valence-corrected chi connectivity index (χ2v) is 7.19. The molecule has 1 aromatic carbocycles. The fourth-order valence-electron chi connectivity index (χ4n) is 2.33. The van der Waals surface area contributed by atoms with Gasteiger partial charge in [0.1, 0.15) is 12.2 Å². The van der Waals surface area contributed by atoms with Gasteiger partial charge in [-0.05, 0) is 42.8 Å². The summed E-state index contributed by atoms with van der Waals surface area (Å²) in [6.45, 7) is 1.54. The number of hydrogen-bond donors (Lipinski definition) is 2. The van der Waals surface area contributed by atoms with Gasteiger partial charge in [0.2, 0.25) is 5.91 Å². The Balaban J connectivity index is 1.68. The molecule has 3 rings (SSSR count). The minimum Gasteiger partial charge on any atom is -0.325 e. The molecule has 2 N–H and O–H groups in total. The molecule has 1 aliphatic heterocycles. The van der Waals surface area contributed by atoms with Gasteiger partial charge in [-0.1, -0.05) is 23.7 Å². The van der Waals surface area contributed by atoms with Gasteiger partial charge in [-0.15, -0.1) is 11.3 Å². The molecule has 1 saturated heterocycles. The number of nitrogens with one attached hydrogen (secondary N) is 2. The normalized spacial score (nSPS) is 15.6. The number of amides is 4. The Labute approximate surface area is 153 Å². The molecule has 2 aromatic rings. The molecule has 128 valence electrons. The molecule has 0 radical (unpaired) electrons. The third kappa shape index (κ3) is 4.07. The van der Waals surface area contributed by atoms with Crippen LogP contribution in [0.3, 0.4) is 0 Å². The molecular formula is C17H14ClN3O3S. The maximum Gasteiger partial charge on any atom is 0.329 e. The number of halogens is 1. The zero-order valence-electron chi connectivity index (χ0n) is 13.2. The summed E-state index contributed by atoms with van der Waals surface area (Å²) in [5.41, 5.74) is 1.72. The number of anilines is 1. The van der Waals surface area contributed by atoms with Crippen LogP contribution in [0.1, 0.15) is 10.4 Å². The number of thiophene rings is 1. The van der Waals surface area contributed by atoms with E-state index in [1.807, 2.05) is 19.1 Å². The largest absolute Gasteiger partial charge is 0.329 e. The molecule has 8 heteroatoms. The van der Waals surface area contributed by atoms with Crippen LogP contribution in [0.5, 0.6) is 0 Å². The highest BCUT2D eigenvalue weighted by molar-refractivity contribution is 7.17. The van der Waals surface area contributed by atoms with Crippen molar-refractivity contribution in [3.63, 3.8) is 0 Å². The van der Waals surface area contributed by atoms with Gasteiger partial charge in [-0.3, -0.25) is 9.59 Å². The number of hydrogen-bond acceptors (Lipinski definition) is 4. The van der Waals surface area contributed by atoms with Crippen molar-refractivity contribution in [1.29, 1.82) is 0 Å². The van der Waals surface area contributed by atoms with Crippen molar-refractivity contribution < 1.29 is 14.4 Å². The number of urea groups is 1. The zero-order chi connectivity index (χ0) is 18.0. The summed E-state index contributed by atoms with van der Waals surface area (Å²) in [6.07, 6.45) is 1.54. The van der Waals surface area contributed by atoms with Crippen LogP contribution in [0.15, 0.2) is 42.1 Å². The van der Waals surface area contributed by atoms with Crippen molar-refractivity contribution in [1.82, 2.24) is 10.2 Å². The van der Waals surface area contributed by atoms with Gasteiger partial charge in [-0.25, -0.2) is 9.69 Å². The Morgan fingerprint density at radius 1 is 1.32 bits per heavy atom. The molecule has 0 spiro atoms. The summed E-state index contributed by atoms with van der Waals surface area (Å²) in [6, 6.07) is 10.1. The first-order valence-electron chi connectivity index (χ1n) is 7.39. The van der Waals surface area contributed by atoms with E-state index >= 15 is 0 Å². The molecule has 0 bridgehead atoms. The number of benzene rings is 1. The molecule has 0 unspecified atom stereocenters. The maximum atomic E-state index is 12.3. The van der Waals surface area contributed by atoms with Crippen LogP contribution >= 0.6 is 22.9 Å².